The number of aliphatic imine (C=N–C) groups is 1. The van der Waals surface area contributed by atoms with Crippen LogP contribution in [0, 0.1) is 6.92 Å². The van der Waals surface area contributed by atoms with E-state index in [9.17, 15) is 9.59 Å². The van der Waals surface area contributed by atoms with Crippen molar-refractivity contribution in [3.63, 3.8) is 0 Å². The first-order valence-corrected chi connectivity index (χ1v) is 9.74. The number of nitrogens with one attached hydrogen (secondary N) is 1. The molecule has 150 valence electrons. The van der Waals surface area contributed by atoms with E-state index in [2.05, 4.69) is 10.3 Å². The van der Waals surface area contributed by atoms with Crippen LogP contribution in [-0.4, -0.2) is 35.4 Å². The van der Waals surface area contributed by atoms with Gasteiger partial charge in [0.25, 0.3) is 5.91 Å². The Morgan fingerprint density at radius 2 is 2.00 bits per heavy atom. The molecule has 2 N–H and O–H groups in total. The molecule has 0 atom stereocenters. The summed E-state index contributed by atoms with van der Waals surface area (Å²) in [5.74, 6) is -0.549. The normalized spacial score (nSPS) is 16.1. The van der Waals surface area contributed by atoms with Gasteiger partial charge in [0, 0.05) is 0 Å². The predicted molar refractivity (Wildman–Crippen MR) is 113 cm³/mol. The summed E-state index contributed by atoms with van der Waals surface area (Å²) in [6, 6.07) is 12.7. The molecule has 1 saturated heterocycles. The van der Waals surface area contributed by atoms with Gasteiger partial charge in [-0.25, -0.2) is 9.79 Å². The number of benzene rings is 2. The molecule has 2 aromatic rings. The van der Waals surface area contributed by atoms with E-state index >= 15 is 0 Å². The highest BCUT2D eigenvalue weighted by Crippen LogP contribution is 2.32. The fourth-order valence-electron chi connectivity index (χ4n) is 2.57. The number of hydrogen-bond acceptors (Lipinski definition) is 6. The summed E-state index contributed by atoms with van der Waals surface area (Å²) >= 11 is 1.26. The van der Waals surface area contributed by atoms with Crippen molar-refractivity contribution in [2.24, 2.45) is 4.99 Å². The van der Waals surface area contributed by atoms with Crippen molar-refractivity contribution >= 4 is 40.6 Å². The third-order valence-corrected chi connectivity index (χ3v) is 4.81. The van der Waals surface area contributed by atoms with Gasteiger partial charge in [0.2, 0.25) is 0 Å². The molecule has 1 amide bonds. The number of thioether (sulfide) groups is 1. The lowest BCUT2D eigenvalue weighted by Crippen LogP contribution is -2.19. The minimum Gasteiger partial charge on any atom is -0.490 e. The van der Waals surface area contributed by atoms with Crippen LogP contribution in [0.1, 0.15) is 18.1 Å². The van der Waals surface area contributed by atoms with Gasteiger partial charge in [-0.3, -0.25) is 4.79 Å². The van der Waals surface area contributed by atoms with Crippen LogP contribution in [0.5, 0.6) is 11.5 Å². The Morgan fingerprint density at radius 3 is 2.72 bits per heavy atom. The van der Waals surface area contributed by atoms with Crippen LogP contribution in [0.3, 0.4) is 0 Å². The van der Waals surface area contributed by atoms with E-state index in [-0.39, 0.29) is 5.91 Å². The highest BCUT2D eigenvalue weighted by molar-refractivity contribution is 8.18. The number of amidine groups is 1. The van der Waals surface area contributed by atoms with Gasteiger partial charge in [-0.2, -0.15) is 0 Å². The van der Waals surface area contributed by atoms with Crippen LogP contribution < -0.4 is 14.8 Å². The second-order valence-electron chi connectivity index (χ2n) is 6.09. The molecule has 1 aliphatic rings. The van der Waals surface area contributed by atoms with Crippen LogP contribution in [0.15, 0.2) is 52.4 Å². The Bertz CT molecular complexity index is 1000. The van der Waals surface area contributed by atoms with Crippen molar-refractivity contribution in [2.75, 3.05) is 13.2 Å². The Morgan fingerprint density at radius 1 is 1.21 bits per heavy atom. The number of nitrogens with zero attached hydrogens (tertiary/aromatic N) is 1. The Labute approximate surface area is 172 Å². The number of carboxylic acids is 1. The molecule has 29 heavy (non-hydrogen) atoms. The number of carbonyl (C=O) groups excluding carboxylic acids is 1. The summed E-state index contributed by atoms with van der Waals surface area (Å²) in [7, 11) is 0. The van der Waals surface area contributed by atoms with Crippen molar-refractivity contribution in [3.05, 3.63) is 58.5 Å². The first-order chi connectivity index (χ1) is 14.0. The number of aryl methyl sites for hydroxylation is 1. The maximum Gasteiger partial charge on any atom is 0.341 e. The summed E-state index contributed by atoms with van der Waals surface area (Å²) in [5, 5.41) is 12.1. The number of carbonyl (C=O) groups is 2. The summed E-state index contributed by atoms with van der Waals surface area (Å²) in [4.78, 5) is 28.0. The number of para-hydroxylation sites is 1. The minimum absolute atomic E-state index is 0.230. The monoisotopic (exact) mass is 412 g/mol. The van der Waals surface area contributed by atoms with Gasteiger partial charge >= 0.3 is 5.97 Å². The van der Waals surface area contributed by atoms with Crippen LogP contribution in [0.2, 0.25) is 0 Å². The highest BCUT2D eigenvalue weighted by Gasteiger charge is 2.24. The topological polar surface area (TPSA) is 97.2 Å². The first-order valence-electron chi connectivity index (χ1n) is 8.93. The Kier molecular flexibility index (Phi) is 6.56. The maximum atomic E-state index is 12.3. The molecule has 3 rings (SSSR count). The van der Waals surface area contributed by atoms with E-state index in [1.807, 2.05) is 38.1 Å². The van der Waals surface area contributed by atoms with Crippen LogP contribution in [0.25, 0.3) is 6.08 Å². The predicted octanol–water partition coefficient (Wildman–Crippen LogP) is 3.75. The maximum absolute atomic E-state index is 12.3. The number of rotatable bonds is 7. The summed E-state index contributed by atoms with van der Waals surface area (Å²) in [6.07, 6.45) is 1.73. The molecule has 0 spiro atoms. The van der Waals surface area contributed by atoms with Gasteiger partial charge in [-0.15, -0.1) is 0 Å². The van der Waals surface area contributed by atoms with Crippen LogP contribution in [0.4, 0.5) is 5.69 Å². The van der Waals surface area contributed by atoms with Crippen molar-refractivity contribution in [3.8, 4) is 11.5 Å². The molecule has 1 fully saturated rings. The summed E-state index contributed by atoms with van der Waals surface area (Å²) in [6.45, 7) is 3.71. The molecule has 0 radical (unpaired) electrons. The minimum atomic E-state index is -1.07. The first kappa shape index (κ1) is 20.5. The molecule has 7 nitrogen and oxygen atoms in total. The molecule has 0 unspecified atom stereocenters. The zero-order chi connectivity index (χ0) is 20.8. The third kappa shape index (κ3) is 5.39. The SMILES string of the molecule is CCOc1cc(/C=C2/SC(=Nc3ccccc3C)NC2=O)ccc1OCC(=O)O. The number of aliphatic carboxylic acids is 1. The van der Waals surface area contributed by atoms with Gasteiger partial charge in [-0.1, -0.05) is 24.3 Å². The lowest BCUT2D eigenvalue weighted by atomic mass is 10.2. The summed E-state index contributed by atoms with van der Waals surface area (Å²) < 4.78 is 10.8. The Balaban J connectivity index is 1.82. The van der Waals surface area contributed by atoms with E-state index in [0.717, 1.165) is 16.8 Å². The third-order valence-electron chi connectivity index (χ3n) is 3.90. The van der Waals surface area contributed by atoms with E-state index in [0.29, 0.717) is 28.2 Å². The molecule has 0 aromatic heterocycles. The standard InChI is InChI=1S/C21H20N2O5S/c1-3-27-17-10-14(8-9-16(17)28-12-19(24)25)11-18-20(26)23-21(29-18)22-15-7-5-4-6-13(15)2/h4-11H,3,12H2,1-2H3,(H,24,25)(H,22,23,26)/b18-11+. The Hall–Kier alpha value is -3.26. The largest absolute Gasteiger partial charge is 0.490 e. The van der Waals surface area contributed by atoms with Crippen molar-refractivity contribution < 1.29 is 24.2 Å². The molecular formula is C21H20N2O5S. The zero-order valence-corrected chi connectivity index (χ0v) is 16.8. The van der Waals surface area contributed by atoms with Crippen LogP contribution in [-0.2, 0) is 9.59 Å². The smallest absolute Gasteiger partial charge is 0.341 e. The fraction of sp³-hybridized carbons (Fsp3) is 0.190. The fourth-order valence-corrected chi connectivity index (χ4v) is 3.41. The second kappa shape index (κ2) is 9.29. The average Bonchev–Trinajstić information content (AvgIpc) is 3.02. The number of hydrogen-bond donors (Lipinski definition) is 2. The summed E-state index contributed by atoms with van der Waals surface area (Å²) in [5.41, 5.74) is 2.55. The molecule has 1 heterocycles. The van der Waals surface area contributed by atoms with Gasteiger partial charge in [-0.05, 0) is 61.0 Å². The molecule has 0 saturated carbocycles. The van der Waals surface area contributed by atoms with Crippen molar-refractivity contribution in [1.82, 2.24) is 5.32 Å². The van der Waals surface area contributed by atoms with E-state index < -0.39 is 12.6 Å². The van der Waals surface area contributed by atoms with Crippen molar-refractivity contribution in [1.29, 1.82) is 0 Å². The quantitative estimate of drug-likeness (QED) is 0.673. The number of carboxylic acid groups (broad SMARTS) is 1. The van der Waals surface area contributed by atoms with E-state index in [1.165, 1.54) is 11.8 Å². The van der Waals surface area contributed by atoms with Crippen LogP contribution >= 0.6 is 11.8 Å². The van der Waals surface area contributed by atoms with Gasteiger partial charge in [0.15, 0.2) is 23.3 Å². The zero-order valence-electron chi connectivity index (χ0n) is 16.0. The highest BCUT2D eigenvalue weighted by atomic mass is 32.2. The molecule has 0 aliphatic carbocycles. The van der Waals surface area contributed by atoms with E-state index in [4.69, 9.17) is 14.6 Å². The lowest BCUT2D eigenvalue weighted by molar-refractivity contribution is -0.139. The molecule has 1 aliphatic heterocycles. The second-order valence-corrected chi connectivity index (χ2v) is 7.12. The van der Waals surface area contributed by atoms with Gasteiger partial charge in [0.1, 0.15) is 0 Å². The lowest BCUT2D eigenvalue weighted by Gasteiger charge is -2.11. The van der Waals surface area contributed by atoms with Crippen molar-refractivity contribution in [2.45, 2.75) is 13.8 Å². The number of amides is 1. The molecule has 8 heteroatoms. The molecule has 2 aromatic carbocycles. The van der Waals surface area contributed by atoms with E-state index in [1.54, 1.807) is 24.3 Å². The van der Waals surface area contributed by atoms with Gasteiger partial charge < -0.3 is 19.9 Å². The average molecular weight is 412 g/mol. The molecular weight excluding hydrogens is 392 g/mol. The number of ether oxygens (including phenoxy) is 2. The van der Waals surface area contributed by atoms with Gasteiger partial charge in [0.05, 0.1) is 17.2 Å². The molecule has 0 bridgehead atoms.